The zero-order valence-electron chi connectivity index (χ0n) is 10.0. The summed E-state index contributed by atoms with van der Waals surface area (Å²) >= 11 is 2.01. The number of rotatable bonds is 4. The van der Waals surface area contributed by atoms with Crippen molar-refractivity contribution in [1.29, 1.82) is 0 Å². The summed E-state index contributed by atoms with van der Waals surface area (Å²) in [6, 6.07) is 0.800. The van der Waals surface area contributed by atoms with Gasteiger partial charge in [0.2, 0.25) is 0 Å². The quantitative estimate of drug-likeness (QED) is 0.612. The topological polar surface area (TPSA) is 61.2 Å². The molecule has 0 saturated heterocycles. The molecule has 94 valence electrons. The Labute approximate surface area is 113 Å². The molecule has 0 aliphatic rings. The van der Waals surface area contributed by atoms with Crippen LogP contribution in [-0.4, -0.2) is 22.9 Å². The van der Waals surface area contributed by atoms with Gasteiger partial charge in [-0.2, -0.15) is 5.10 Å². The molecule has 0 aromatic carbocycles. The number of nitrogens with zero attached hydrogens (tertiary/aromatic N) is 2. The van der Waals surface area contributed by atoms with Gasteiger partial charge in [0.25, 0.3) is 5.56 Å². The smallest absolute Gasteiger partial charge is 0.330 e. The molecule has 1 rings (SSSR count). The summed E-state index contributed by atoms with van der Waals surface area (Å²) in [6.45, 7) is 3.96. The van der Waals surface area contributed by atoms with E-state index in [0.717, 1.165) is 3.57 Å². The molecule has 0 spiro atoms. The van der Waals surface area contributed by atoms with Gasteiger partial charge in [0.05, 0.1) is 13.3 Å². The van der Waals surface area contributed by atoms with Gasteiger partial charge in [-0.1, -0.05) is 13.8 Å². The number of methoxy groups -OCH3 is 1. The fourth-order valence-corrected chi connectivity index (χ4v) is 1.90. The second kappa shape index (κ2) is 6.13. The third-order valence-corrected chi connectivity index (χ3v) is 2.85. The van der Waals surface area contributed by atoms with Crippen LogP contribution in [0.3, 0.4) is 0 Å². The number of carbonyl (C=O) groups excluding carboxylic acids is 1. The number of esters is 1. The number of carbonyl (C=O) groups is 1. The highest BCUT2D eigenvalue weighted by Gasteiger charge is 2.24. The van der Waals surface area contributed by atoms with E-state index < -0.39 is 12.0 Å². The third kappa shape index (κ3) is 3.79. The van der Waals surface area contributed by atoms with Crippen molar-refractivity contribution in [2.75, 3.05) is 7.11 Å². The largest absolute Gasteiger partial charge is 0.467 e. The first-order chi connectivity index (χ1) is 7.95. The normalized spacial score (nSPS) is 12.5. The molecule has 1 unspecified atom stereocenters. The van der Waals surface area contributed by atoms with E-state index in [0.29, 0.717) is 6.42 Å². The van der Waals surface area contributed by atoms with E-state index in [2.05, 4.69) is 5.10 Å². The molecule has 1 heterocycles. The van der Waals surface area contributed by atoms with Gasteiger partial charge >= 0.3 is 5.97 Å². The van der Waals surface area contributed by atoms with Gasteiger partial charge in [-0.3, -0.25) is 4.79 Å². The second-order valence-electron chi connectivity index (χ2n) is 4.13. The molecule has 0 N–H and O–H groups in total. The van der Waals surface area contributed by atoms with Crippen LogP contribution in [-0.2, 0) is 9.53 Å². The molecular weight excluding hydrogens is 335 g/mol. The Kier molecular flexibility index (Phi) is 5.10. The molecule has 0 aliphatic heterocycles. The van der Waals surface area contributed by atoms with E-state index in [1.165, 1.54) is 17.9 Å². The number of halogens is 1. The van der Waals surface area contributed by atoms with Crippen LogP contribution < -0.4 is 5.56 Å². The first kappa shape index (κ1) is 14.1. The molecule has 0 radical (unpaired) electrons. The van der Waals surface area contributed by atoms with Crippen LogP contribution in [0.15, 0.2) is 17.1 Å². The fraction of sp³-hybridized carbons (Fsp3) is 0.545. The Hall–Kier alpha value is -0.920. The monoisotopic (exact) mass is 350 g/mol. The molecule has 1 atom stereocenters. The molecule has 0 fully saturated rings. The molecule has 0 saturated carbocycles. The van der Waals surface area contributed by atoms with Crippen molar-refractivity contribution in [2.45, 2.75) is 26.3 Å². The predicted octanol–water partition coefficient (Wildman–Crippen LogP) is 1.61. The minimum absolute atomic E-state index is 0.270. The molecule has 0 aliphatic carbocycles. The van der Waals surface area contributed by atoms with Gasteiger partial charge in [0, 0.05) is 9.64 Å². The van der Waals surface area contributed by atoms with E-state index in [9.17, 15) is 9.59 Å². The van der Waals surface area contributed by atoms with Gasteiger partial charge in [0.1, 0.15) is 0 Å². The molecule has 1 aromatic heterocycles. The van der Waals surface area contributed by atoms with Gasteiger partial charge in [-0.25, -0.2) is 9.48 Å². The van der Waals surface area contributed by atoms with E-state index in [-0.39, 0.29) is 11.5 Å². The minimum atomic E-state index is -0.649. The highest BCUT2D eigenvalue weighted by Crippen LogP contribution is 2.16. The van der Waals surface area contributed by atoms with Crippen molar-refractivity contribution in [1.82, 2.24) is 9.78 Å². The number of ether oxygens (including phenoxy) is 1. The van der Waals surface area contributed by atoms with Crippen LogP contribution in [0.5, 0.6) is 0 Å². The zero-order chi connectivity index (χ0) is 13.0. The summed E-state index contributed by atoms with van der Waals surface area (Å²) in [4.78, 5) is 23.4. The molecule has 0 bridgehead atoms. The molecule has 1 aromatic rings. The lowest BCUT2D eigenvalue weighted by atomic mass is 10.0. The number of hydrogen-bond donors (Lipinski definition) is 0. The first-order valence-corrected chi connectivity index (χ1v) is 6.35. The first-order valence-electron chi connectivity index (χ1n) is 5.28. The Morgan fingerprint density at radius 2 is 2.24 bits per heavy atom. The SMILES string of the molecule is COC(=O)C(CC(C)C)n1ncc(I)cc1=O. The molecule has 17 heavy (non-hydrogen) atoms. The number of hydrogen-bond acceptors (Lipinski definition) is 4. The van der Waals surface area contributed by atoms with Crippen molar-refractivity contribution in [3.8, 4) is 0 Å². The van der Waals surface area contributed by atoms with Crippen LogP contribution in [0.1, 0.15) is 26.3 Å². The van der Waals surface area contributed by atoms with Crippen LogP contribution in [0.25, 0.3) is 0 Å². The van der Waals surface area contributed by atoms with E-state index in [1.807, 2.05) is 36.4 Å². The van der Waals surface area contributed by atoms with Crippen molar-refractivity contribution in [3.63, 3.8) is 0 Å². The van der Waals surface area contributed by atoms with Gasteiger partial charge in [-0.15, -0.1) is 0 Å². The predicted molar refractivity (Wildman–Crippen MR) is 71.7 cm³/mol. The van der Waals surface area contributed by atoms with Crippen LogP contribution in [0.4, 0.5) is 0 Å². The van der Waals surface area contributed by atoms with Crippen molar-refractivity contribution in [2.24, 2.45) is 5.92 Å². The Bertz CT molecular complexity index is 456. The Balaban J connectivity index is 3.12. The van der Waals surface area contributed by atoms with Gasteiger partial charge < -0.3 is 4.74 Å². The van der Waals surface area contributed by atoms with E-state index in [4.69, 9.17) is 4.74 Å². The molecule has 6 heteroatoms. The van der Waals surface area contributed by atoms with Gasteiger partial charge in [-0.05, 0) is 34.9 Å². The summed E-state index contributed by atoms with van der Waals surface area (Å²) in [5.41, 5.74) is -0.284. The van der Waals surface area contributed by atoms with Gasteiger partial charge in [0.15, 0.2) is 6.04 Å². The standard InChI is InChI=1S/C11H15IN2O3/c1-7(2)4-9(11(16)17-3)14-10(15)5-8(12)6-13-14/h5-7,9H,4H2,1-3H3. The molecule has 0 amide bonds. The van der Waals surface area contributed by atoms with Crippen LogP contribution in [0, 0.1) is 9.49 Å². The lowest BCUT2D eigenvalue weighted by Crippen LogP contribution is -2.33. The lowest BCUT2D eigenvalue weighted by molar-refractivity contribution is -0.145. The fourth-order valence-electron chi connectivity index (χ4n) is 1.51. The maximum atomic E-state index is 11.8. The zero-order valence-corrected chi connectivity index (χ0v) is 12.2. The van der Waals surface area contributed by atoms with Crippen molar-refractivity contribution >= 4 is 28.6 Å². The summed E-state index contributed by atoms with van der Waals surface area (Å²) in [6.07, 6.45) is 2.08. The number of aromatic nitrogens is 2. The second-order valence-corrected chi connectivity index (χ2v) is 5.37. The Morgan fingerprint density at radius 1 is 1.59 bits per heavy atom. The highest BCUT2D eigenvalue weighted by molar-refractivity contribution is 14.1. The van der Waals surface area contributed by atoms with Crippen LogP contribution >= 0.6 is 22.6 Å². The average molecular weight is 350 g/mol. The highest BCUT2D eigenvalue weighted by atomic mass is 127. The summed E-state index contributed by atoms with van der Waals surface area (Å²) < 4.78 is 6.65. The third-order valence-electron chi connectivity index (χ3n) is 2.26. The van der Waals surface area contributed by atoms with Crippen molar-refractivity contribution in [3.05, 3.63) is 26.2 Å². The molecule has 5 nitrogen and oxygen atoms in total. The van der Waals surface area contributed by atoms with E-state index in [1.54, 1.807) is 6.20 Å². The summed E-state index contributed by atoms with van der Waals surface area (Å²) in [5.74, 6) is -0.165. The Morgan fingerprint density at radius 3 is 2.71 bits per heavy atom. The van der Waals surface area contributed by atoms with Crippen LogP contribution in [0.2, 0.25) is 0 Å². The maximum absolute atomic E-state index is 11.8. The summed E-state index contributed by atoms with van der Waals surface area (Å²) in [7, 11) is 1.31. The summed E-state index contributed by atoms with van der Waals surface area (Å²) in [5, 5.41) is 4.00. The minimum Gasteiger partial charge on any atom is -0.467 e. The van der Waals surface area contributed by atoms with E-state index >= 15 is 0 Å². The average Bonchev–Trinajstić information content (AvgIpc) is 2.25. The maximum Gasteiger partial charge on any atom is 0.330 e. The van der Waals surface area contributed by atoms with Crippen molar-refractivity contribution < 1.29 is 9.53 Å². The molecular formula is C11H15IN2O3. The lowest BCUT2D eigenvalue weighted by Gasteiger charge is -2.17.